The molecule has 2 saturated heterocycles. The Bertz CT molecular complexity index is 908. The number of carbonyl (C=O) groups is 2. The molecular weight excluding hydrogens is 400 g/mol. The van der Waals surface area contributed by atoms with Crippen molar-refractivity contribution in [2.45, 2.75) is 12.8 Å². The molecule has 2 heterocycles. The predicted molar refractivity (Wildman–Crippen MR) is 128 cm³/mol. The maximum Gasteiger partial charge on any atom is 0.321 e. The number of rotatable bonds is 5. The molecular formula is C26H32N4O2. The molecule has 1 unspecified atom stereocenters. The number of likely N-dealkylation sites (tertiary alicyclic amines) is 1. The van der Waals surface area contributed by atoms with E-state index in [1.54, 1.807) is 4.90 Å². The average Bonchev–Trinajstić information content (AvgIpc) is 2.85. The van der Waals surface area contributed by atoms with Crippen molar-refractivity contribution >= 4 is 23.7 Å². The lowest BCUT2D eigenvalue weighted by Gasteiger charge is -2.38. The summed E-state index contributed by atoms with van der Waals surface area (Å²) in [4.78, 5) is 31.9. The van der Waals surface area contributed by atoms with Gasteiger partial charge >= 0.3 is 6.03 Å². The third kappa shape index (κ3) is 5.98. The number of nitrogens with one attached hydrogen (secondary N) is 1. The number of nitrogens with zero attached hydrogens (tertiary/aromatic N) is 3. The quantitative estimate of drug-likeness (QED) is 0.782. The maximum absolute atomic E-state index is 13.1. The van der Waals surface area contributed by atoms with Crippen LogP contribution in [0.5, 0.6) is 0 Å². The number of anilines is 1. The Balaban J connectivity index is 1.23. The molecule has 2 fully saturated rings. The topological polar surface area (TPSA) is 55.9 Å². The van der Waals surface area contributed by atoms with Gasteiger partial charge in [-0.15, -0.1) is 0 Å². The number of hydrogen-bond acceptors (Lipinski definition) is 3. The second-order valence-electron chi connectivity index (χ2n) is 8.52. The van der Waals surface area contributed by atoms with Gasteiger partial charge in [-0.1, -0.05) is 60.7 Å². The first-order chi connectivity index (χ1) is 15.7. The summed E-state index contributed by atoms with van der Waals surface area (Å²) in [6.07, 6.45) is 6.06. The number of amides is 3. The molecule has 32 heavy (non-hydrogen) atoms. The first-order valence-electron chi connectivity index (χ1n) is 11.5. The maximum atomic E-state index is 13.1. The van der Waals surface area contributed by atoms with E-state index in [-0.39, 0.29) is 17.9 Å². The first kappa shape index (κ1) is 22.1. The zero-order chi connectivity index (χ0) is 22.2. The molecule has 1 N–H and O–H groups in total. The summed E-state index contributed by atoms with van der Waals surface area (Å²) < 4.78 is 0. The van der Waals surface area contributed by atoms with Crippen molar-refractivity contribution in [1.29, 1.82) is 0 Å². The van der Waals surface area contributed by atoms with Gasteiger partial charge in [0.15, 0.2) is 0 Å². The van der Waals surface area contributed by atoms with E-state index < -0.39 is 0 Å². The second-order valence-corrected chi connectivity index (χ2v) is 8.52. The number of para-hydroxylation sites is 1. The molecule has 2 aliphatic rings. The third-order valence-electron chi connectivity index (χ3n) is 6.24. The van der Waals surface area contributed by atoms with Crippen LogP contribution in [-0.4, -0.2) is 72.5 Å². The standard InChI is InChI=1S/C26H32N4O2/c31-25(23-12-8-16-30(21-23)26(32)27-24-13-5-2-6-14-24)29-19-17-28(18-20-29)15-7-11-22-9-3-1-4-10-22/h1-7,9-11,13-14,23H,8,12,15-21H2,(H,27,32)/b11-7+. The average molecular weight is 433 g/mol. The van der Waals surface area contributed by atoms with E-state index >= 15 is 0 Å². The summed E-state index contributed by atoms with van der Waals surface area (Å²) >= 11 is 0. The molecule has 6 nitrogen and oxygen atoms in total. The van der Waals surface area contributed by atoms with Gasteiger partial charge in [0, 0.05) is 51.5 Å². The Morgan fingerprint density at radius 1 is 0.875 bits per heavy atom. The van der Waals surface area contributed by atoms with Crippen molar-refractivity contribution in [1.82, 2.24) is 14.7 Å². The van der Waals surface area contributed by atoms with E-state index in [0.717, 1.165) is 51.3 Å². The van der Waals surface area contributed by atoms with Crippen molar-refractivity contribution in [2.24, 2.45) is 5.92 Å². The van der Waals surface area contributed by atoms with Gasteiger partial charge in [-0.2, -0.15) is 0 Å². The van der Waals surface area contributed by atoms with Crippen LogP contribution in [0.3, 0.4) is 0 Å². The molecule has 0 spiro atoms. The fourth-order valence-electron chi connectivity index (χ4n) is 4.40. The number of benzene rings is 2. The summed E-state index contributed by atoms with van der Waals surface area (Å²) in [5, 5.41) is 2.94. The van der Waals surface area contributed by atoms with Crippen LogP contribution in [-0.2, 0) is 4.79 Å². The minimum atomic E-state index is -0.122. The smallest absolute Gasteiger partial charge is 0.321 e. The Morgan fingerprint density at radius 2 is 1.56 bits per heavy atom. The van der Waals surface area contributed by atoms with Gasteiger partial charge in [0.1, 0.15) is 0 Å². The van der Waals surface area contributed by atoms with E-state index in [0.29, 0.717) is 13.1 Å². The lowest BCUT2D eigenvalue weighted by molar-refractivity contribution is -0.138. The molecule has 4 rings (SSSR count). The predicted octanol–water partition coefficient (Wildman–Crippen LogP) is 3.79. The number of hydrogen-bond donors (Lipinski definition) is 1. The monoisotopic (exact) mass is 432 g/mol. The summed E-state index contributed by atoms with van der Waals surface area (Å²) in [6.45, 7) is 5.37. The van der Waals surface area contributed by atoms with Crippen molar-refractivity contribution in [2.75, 3.05) is 51.1 Å². The van der Waals surface area contributed by atoms with Crippen LogP contribution < -0.4 is 5.32 Å². The van der Waals surface area contributed by atoms with Gasteiger partial charge < -0.3 is 15.1 Å². The lowest BCUT2D eigenvalue weighted by Crippen LogP contribution is -2.53. The molecule has 6 heteroatoms. The van der Waals surface area contributed by atoms with Crippen molar-refractivity contribution < 1.29 is 9.59 Å². The van der Waals surface area contributed by atoms with Crippen LogP contribution in [0.1, 0.15) is 18.4 Å². The van der Waals surface area contributed by atoms with Crippen molar-refractivity contribution in [3.63, 3.8) is 0 Å². The first-order valence-corrected chi connectivity index (χ1v) is 11.5. The van der Waals surface area contributed by atoms with Gasteiger partial charge in [0.2, 0.25) is 5.91 Å². The van der Waals surface area contributed by atoms with Gasteiger partial charge in [0.25, 0.3) is 0 Å². The van der Waals surface area contributed by atoms with Gasteiger partial charge in [-0.25, -0.2) is 4.79 Å². The Hall–Kier alpha value is -3.12. The van der Waals surface area contributed by atoms with Crippen LogP contribution in [0.4, 0.5) is 10.5 Å². The second kappa shape index (κ2) is 11.0. The molecule has 0 aromatic heterocycles. The summed E-state index contributed by atoms with van der Waals surface area (Å²) in [6, 6.07) is 19.6. The van der Waals surface area contributed by atoms with E-state index in [9.17, 15) is 9.59 Å². The lowest BCUT2D eigenvalue weighted by atomic mass is 9.96. The van der Waals surface area contributed by atoms with E-state index in [2.05, 4.69) is 34.5 Å². The van der Waals surface area contributed by atoms with Crippen LogP contribution in [0.25, 0.3) is 6.08 Å². The minimum absolute atomic E-state index is 0.102. The molecule has 2 aromatic rings. The zero-order valence-electron chi connectivity index (χ0n) is 18.5. The summed E-state index contributed by atoms with van der Waals surface area (Å²) in [5.74, 6) is 0.0940. The van der Waals surface area contributed by atoms with Crippen LogP contribution in [0.15, 0.2) is 66.7 Å². The molecule has 2 aromatic carbocycles. The number of piperazine rings is 1. The van der Waals surface area contributed by atoms with Crippen LogP contribution in [0, 0.1) is 5.92 Å². The fraction of sp³-hybridized carbons (Fsp3) is 0.385. The molecule has 0 radical (unpaired) electrons. The van der Waals surface area contributed by atoms with Gasteiger partial charge in [-0.3, -0.25) is 9.69 Å². The molecule has 0 aliphatic carbocycles. The molecule has 3 amide bonds. The highest BCUT2D eigenvalue weighted by molar-refractivity contribution is 5.90. The highest BCUT2D eigenvalue weighted by atomic mass is 16.2. The fourth-order valence-corrected chi connectivity index (χ4v) is 4.40. The van der Waals surface area contributed by atoms with E-state index in [1.807, 2.05) is 53.4 Å². The Labute approximate surface area is 190 Å². The van der Waals surface area contributed by atoms with Gasteiger partial charge in [-0.05, 0) is 30.5 Å². The van der Waals surface area contributed by atoms with Crippen LogP contribution in [0.2, 0.25) is 0 Å². The zero-order valence-corrected chi connectivity index (χ0v) is 18.5. The van der Waals surface area contributed by atoms with E-state index in [4.69, 9.17) is 0 Å². The van der Waals surface area contributed by atoms with Crippen LogP contribution >= 0.6 is 0 Å². The largest absolute Gasteiger partial charge is 0.340 e. The number of carbonyl (C=O) groups excluding carboxylic acids is 2. The minimum Gasteiger partial charge on any atom is -0.340 e. The highest BCUT2D eigenvalue weighted by Crippen LogP contribution is 2.21. The van der Waals surface area contributed by atoms with Gasteiger partial charge in [0.05, 0.1) is 5.92 Å². The normalized spacial score (nSPS) is 19.8. The Kier molecular flexibility index (Phi) is 7.56. The molecule has 0 saturated carbocycles. The van der Waals surface area contributed by atoms with E-state index in [1.165, 1.54) is 5.56 Å². The van der Waals surface area contributed by atoms with Crippen molar-refractivity contribution in [3.05, 3.63) is 72.3 Å². The molecule has 168 valence electrons. The third-order valence-corrected chi connectivity index (χ3v) is 6.24. The molecule has 0 bridgehead atoms. The molecule has 2 aliphatic heterocycles. The Morgan fingerprint density at radius 3 is 2.28 bits per heavy atom. The number of urea groups is 1. The van der Waals surface area contributed by atoms with Crippen molar-refractivity contribution in [3.8, 4) is 0 Å². The SMILES string of the molecule is O=C(Nc1ccccc1)N1CCCC(C(=O)N2CCN(C/C=C/c3ccccc3)CC2)C1. The number of piperidine rings is 1. The molecule has 1 atom stereocenters. The summed E-state index contributed by atoms with van der Waals surface area (Å²) in [7, 11) is 0. The summed E-state index contributed by atoms with van der Waals surface area (Å²) in [5.41, 5.74) is 1.99. The highest BCUT2D eigenvalue weighted by Gasteiger charge is 2.32.